The van der Waals surface area contributed by atoms with Crippen LogP contribution in [0.15, 0.2) is 54.6 Å². The van der Waals surface area contributed by atoms with Crippen LogP contribution in [0.1, 0.15) is 67.8 Å². The zero-order valence-corrected chi connectivity index (χ0v) is 29.2. The van der Waals surface area contributed by atoms with Crippen molar-refractivity contribution < 1.29 is 60.5 Å². The van der Waals surface area contributed by atoms with Gasteiger partial charge in [-0.3, -0.25) is 24.0 Å². The minimum absolute atomic E-state index is 0.0341. The van der Waals surface area contributed by atoms with E-state index >= 15 is 0 Å². The molecule has 0 atom stereocenters. The Morgan fingerprint density at radius 3 is 1.62 bits per heavy atom. The number of alkyl halides is 6. The Labute approximate surface area is 305 Å². The molecule has 3 amide bonds. The first-order valence-electron chi connectivity index (χ1n) is 15.8. The van der Waals surface area contributed by atoms with Gasteiger partial charge in [0.2, 0.25) is 5.91 Å². The number of aliphatic carboxylic acids is 2. The first-order valence-corrected chi connectivity index (χ1v) is 16.2. The summed E-state index contributed by atoms with van der Waals surface area (Å²) in [5.41, 5.74) is 5.28. The van der Waals surface area contributed by atoms with Gasteiger partial charge in [0.05, 0.1) is 24.0 Å². The van der Waals surface area contributed by atoms with E-state index in [1.54, 1.807) is 17.0 Å². The molecule has 0 aromatic heterocycles. The number of fused-ring (bicyclic) bond motifs is 1. The lowest BCUT2D eigenvalue weighted by atomic mass is 10.1. The molecule has 0 bridgehead atoms. The highest BCUT2D eigenvalue weighted by atomic mass is 35.5. The second-order valence-electron chi connectivity index (χ2n) is 11.6. The van der Waals surface area contributed by atoms with Crippen molar-refractivity contribution in [1.29, 1.82) is 0 Å². The number of carboxylic acid groups (broad SMARTS) is 2. The fourth-order valence-corrected chi connectivity index (χ4v) is 5.01. The number of rotatable bonds is 10. The lowest BCUT2D eigenvalue weighted by Crippen LogP contribution is -2.33. The summed E-state index contributed by atoms with van der Waals surface area (Å²) < 4.78 is 76.4. The minimum Gasteiger partial charge on any atom is -0.481 e. The molecule has 6 N–H and O–H groups in total. The second kappa shape index (κ2) is 19.6. The maximum atomic E-state index is 12.9. The van der Waals surface area contributed by atoms with E-state index in [-0.39, 0.29) is 55.9 Å². The highest BCUT2D eigenvalue weighted by molar-refractivity contribution is 6.30. The smallest absolute Gasteiger partial charge is 0.416 e. The number of hydrogen-bond donors (Lipinski definition) is 5. The van der Waals surface area contributed by atoms with E-state index in [0.717, 1.165) is 35.5 Å². The molecule has 0 fully saturated rings. The van der Waals surface area contributed by atoms with Crippen molar-refractivity contribution in [1.82, 2.24) is 10.6 Å². The molecule has 1 aliphatic heterocycles. The van der Waals surface area contributed by atoms with Gasteiger partial charge in [-0.05, 0) is 91.6 Å². The fraction of sp³-hybridized carbons (Fsp3) is 0.343. The van der Waals surface area contributed by atoms with Crippen LogP contribution in [0.25, 0.3) is 0 Å². The summed E-state index contributed by atoms with van der Waals surface area (Å²) in [5, 5.41) is 21.6. The number of carboxylic acids is 2. The molecule has 0 unspecified atom stereocenters. The van der Waals surface area contributed by atoms with Crippen LogP contribution in [0.2, 0.25) is 5.02 Å². The summed E-state index contributed by atoms with van der Waals surface area (Å²) >= 11 is 5.96. The van der Waals surface area contributed by atoms with Gasteiger partial charge in [-0.2, -0.15) is 26.3 Å². The lowest BCUT2D eigenvalue weighted by molar-refractivity contribution is -0.138. The maximum absolute atomic E-state index is 12.9. The second-order valence-corrected chi connectivity index (χ2v) is 12.0. The number of anilines is 1. The van der Waals surface area contributed by atoms with E-state index in [4.69, 9.17) is 27.5 Å². The molecule has 0 saturated carbocycles. The Balaban J connectivity index is 0.000000336. The summed E-state index contributed by atoms with van der Waals surface area (Å²) in [4.78, 5) is 57.6. The number of nitrogens with two attached hydrogens (primary N) is 1. The van der Waals surface area contributed by atoms with Gasteiger partial charge in [0.15, 0.2) is 0 Å². The van der Waals surface area contributed by atoms with Crippen molar-refractivity contribution in [2.75, 3.05) is 31.1 Å². The summed E-state index contributed by atoms with van der Waals surface area (Å²) in [6.07, 6.45) is -8.52. The molecule has 1 aliphatic rings. The van der Waals surface area contributed by atoms with Crippen LogP contribution >= 0.6 is 11.6 Å². The molecule has 0 spiro atoms. The van der Waals surface area contributed by atoms with Crippen molar-refractivity contribution in [3.63, 3.8) is 0 Å². The highest BCUT2D eigenvalue weighted by Gasteiger charge is 2.32. The summed E-state index contributed by atoms with van der Waals surface area (Å²) in [5.74, 6) is -3.47. The first-order chi connectivity index (χ1) is 24.6. The average Bonchev–Trinajstić information content (AvgIpc) is 3.47. The SMILES string of the molecule is Cc1cc(C(=O)NCCC(=O)N2CCc3cc(Cl)ccc32)cc(C(F)(F)F)c1.Cc1cc(C(=O)NCCC(=O)O)cc(C(F)(F)F)c1.NCCC(=O)O. The molecular formula is C35H37ClF6N4O7. The zero-order chi connectivity index (χ0) is 40.1. The Kier molecular flexibility index (Phi) is 16.3. The minimum atomic E-state index is -4.53. The third kappa shape index (κ3) is 14.8. The van der Waals surface area contributed by atoms with Crippen LogP contribution in [0.3, 0.4) is 0 Å². The number of aryl methyl sites for hydroxylation is 2. The van der Waals surface area contributed by atoms with E-state index in [2.05, 4.69) is 10.6 Å². The van der Waals surface area contributed by atoms with Crippen LogP contribution in [0, 0.1) is 13.8 Å². The molecule has 0 saturated heterocycles. The fourth-order valence-electron chi connectivity index (χ4n) is 4.81. The van der Waals surface area contributed by atoms with Crippen LogP contribution in [-0.4, -0.2) is 66.1 Å². The molecular weight excluding hydrogens is 738 g/mol. The number of carbonyl (C=O) groups is 5. The zero-order valence-electron chi connectivity index (χ0n) is 28.5. The molecule has 18 heteroatoms. The Morgan fingerprint density at radius 2 is 1.21 bits per heavy atom. The molecule has 0 radical (unpaired) electrons. The average molecular weight is 775 g/mol. The number of benzene rings is 3. The molecule has 3 aromatic carbocycles. The molecule has 1 heterocycles. The normalized spacial score (nSPS) is 12.0. The number of nitrogens with one attached hydrogen (secondary N) is 2. The van der Waals surface area contributed by atoms with Crippen molar-refractivity contribution in [2.24, 2.45) is 5.73 Å². The Hall–Kier alpha value is -5.16. The molecule has 53 heavy (non-hydrogen) atoms. The van der Waals surface area contributed by atoms with E-state index in [1.807, 2.05) is 6.07 Å². The summed E-state index contributed by atoms with van der Waals surface area (Å²) in [6, 6.07) is 11.5. The summed E-state index contributed by atoms with van der Waals surface area (Å²) in [7, 11) is 0. The van der Waals surface area contributed by atoms with Crippen LogP contribution < -0.4 is 21.3 Å². The quantitative estimate of drug-likeness (QED) is 0.155. The van der Waals surface area contributed by atoms with Crippen molar-refractivity contribution in [3.8, 4) is 0 Å². The van der Waals surface area contributed by atoms with Gasteiger partial charge in [-0.25, -0.2) is 0 Å². The van der Waals surface area contributed by atoms with Crippen LogP contribution in [0.4, 0.5) is 32.0 Å². The van der Waals surface area contributed by atoms with E-state index in [9.17, 15) is 50.3 Å². The van der Waals surface area contributed by atoms with Gasteiger partial charge in [0, 0.05) is 54.4 Å². The molecule has 11 nitrogen and oxygen atoms in total. The topological polar surface area (TPSA) is 179 Å². The number of halogens is 7. The van der Waals surface area contributed by atoms with Crippen LogP contribution in [-0.2, 0) is 33.2 Å². The van der Waals surface area contributed by atoms with E-state index in [1.165, 1.54) is 26.0 Å². The molecule has 0 aliphatic carbocycles. The first kappa shape index (κ1) is 44.0. The van der Waals surface area contributed by atoms with E-state index in [0.29, 0.717) is 29.1 Å². The monoisotopic (exact) mass is 774 g/mol. The van der Waals surface area contributed by atoms with Gasteiger partial charge in [-0.15, -0.1) is 0 Å². The molecule has 3 aromatic rings. The van der Waals surface area contributed by atoms with Crippen molar-refractivity contribution in [2.45, 2.75) is 51.9 Å². The number of nitrogens with zero attached hydrogens (tertiary/aromatic N) is 1. The van der Waals surface area contributed by atoms with E-state index < -0.39 is 47.2 Å². The maximum Gasteiger partial charge on any atom is 0.416 e. The van der Waals surface area contributed by atoms with Gasteiger partial charge < -0.3 is 31.5 Å². The number of carbonyl (C=O) groups excluding carboxylic acids is 3. The Morgan fingerprint density at radius 1 is 0.736 bits per heavy atom. The number of amides is 3. The predicted molar refractivity (Wildman–Crippen MR) is 183 cm³/mol. The summed E-state index contributed by atoms with van der Waals surface area (Å²) in [6.45, 7) is 3.61. The molecule has 4 rings (SSSR count). The van der Waals surface area contributed by atoms with Crippen molar-refractivity contribution in [3.05, 3.63) is 98.6 Å². The predicted octanol–water partition coefficient (Wildman–Crippen LogP) is 6.01. The number of hydrogen-bond acceptors (Lipinski definition) is 6. The van der Waals surface area contributed by atoms with Gasteiger partial charge >= 0.3 is 24.3 Å². The van der Waals surface area contributed by atoms with Gasteiger partial charge in [-0.1, -0.05) is 11.6 Å². The largest absolute Gasteiger partial charge is 0.481 e. The third-order valence-corrected chi connectivity index (χ3v) is 7.41. The standard InChI is InChI=1S/C20H18ClF3N2O2.C12H12F3NO3.C3H7NO2/c1-12-8-14(10-15(9-12)20(22,23)24)19(28)25-6-4-18(27)26-7-5-13-11-16(21)2-3-17(13)26;1-7-4-8(6-9(5-7)12(13,14)15)11(19)16-3-2-10(17)18;4-2-1-3(5)6/h2-3,8-11H,4-7H2,1H3,(H,25,28);4-6H,2-3H2,1H3,(H,16,19)(H,17,18);1-2,4H2,(H,5,6). The van der Waals surface area contributed by atoms with Gasteiger partial charge in [0.25, 0.3) is 11.8 Å². The van der Waals surface area contributed by atoms with Gasteiger partial charge in [0.1, 0.15) is 0 Å². The molecule has 288 valence electrons. The third-order valence-electron chi connectivity index (χ3n) is 7.18. The lowest BCUT2D eigenvalue weighted by Gasteiger charge is -2.17. The highest BCUT2D eigenvalue weighted by Crippen LogP contribution is 2.32. The van der Waals surface area contributed by atoms with Crippen molar-refractivity contribution >= 4 is 46.9 Å². The van der Waals surface area contributed by atoms with Crippen LogP contribution in [0.5, 0.6) is 0 Å². The Bertz CT molecular complexity index is 1800.